The van der Waals surface area contributed by atoms with Gasteiger partial charge >= 0.3 is 7.12 Å². The molecule has 0 aliphatic heterocycles. The van der Waals surface area contributed by atoms with Crippen molar-refractivity contribution in [2.24, 2.45) is 0 Å². The van der Waals surface area contributed by atoms with Gasteiger partial charge in [0.1, 0.15) is 5.82 Å². The zero-order valence-electron chi connectivity index (χ0n) is 6.87. The van der Waals surface area contributed by atoms with Gasteiger partial charge in [-0.25, -0.2) is 4.39 Å². The maximum atomic E-state index is 13.6. The predicted octanol–water partition coefficient (Wildman–Crippen LogP) is 1.32. The lowest BCUT2D eigenvalue weighted by Crippen LogP contribution is -2.32. The number of benzene rings is 1. The summed E-state index contributed by atoms with van der Waals surface area (Å²) >= 11 is 3.39. The van der Waals surface area contributed by atoms with Crippen LogP contribution >= 0.6 is 33.9 Å². The molecule has 0 aliphatic rings. The monoisotopic (exact) mass is 322 g/mol. The van der Waals surface area contributed by atoms with Crippen molar-refractivity contribution < 1.29 is 14.4 Å². The Kier molecular flexibility index (Phi) is 2.78. The quantitative estimate of drug-likeness (QED) is 0.614. The van der Waals surface area contributed by atoms with Crippen molar-refractivity contribution >= 4 is 56.6 Å². The molecule has 2 aromatic rings. The molecule has 1 aromatic heterocycles. The van der Waals surface area contributed by atoms with Crippen LogP contribution < -0.4 is 5.46 Å². The Hall–Kier alpha value is -0.175. The molecular formula is C8H5BFIO2S. The van der Waals surface area contributed by atoms with E-state index in [4.69, 9.17) is 10.0 Å². The SMILES string of the molecule is OB(O)c1ccc2c(I)csc2c1F. The third kappa shape index (κ3) is 1.56. The van der Waals surface area contributed by atoms with Crippen LogP contribution in [0, 0.1) is 9.39 Å². The molecule has 0 aliphatic carbocycles. The molecule has 0 spiro atoms. The van der Waals surface area contributed by atoms with Gasteiger partial charge in [0.05, 0.1) is 4.70 Å². The van der Waals surface area contributed by atoms with Crippen LogP contribution in [0.2, 0.25) is 0 Å². The molecule has 2 rings (SSSR count). The lowest BCUT2D eigenvalue weighted by molar-refractivity contribution is 0.423. The number of rotatable bonds is 1. The standard InChI is InChI=1S/C8H5BFIO2S/c10-7-5(9(12)13)2-1-4-6(11)3-14-8(4)7/h1-3,12-13H. The third-order valence-electron chi connectivity index (χ3n) is 1.94. The smallest absolute Gasteiger partial charge is 0.423 e. The maximum absolute atomic E-state index is 13.6. The van der Waals surface area contributed by atoms with Gasteiger partial charge < -0.3 is 10.0 Å². The van der Waals surface area contributed by atoms with Crippen LogP contribution in [0.15, 0.2) is 17.5 Å². The molecule has 0 atom stereocenters. The topological polar surface area (TPSA) is 40.5 Å². The van der Waals surface area contributed by atoms with Crippen molar-refractivity contribution in [3.63, 3.8) is 0 Å². The number of halogens is 2. The Morgan fingerprint density at radius 3 is 2.71 bits per heavy atom. The minimum absolute atomic E-state index is 0.0734. The average molecular weight is 322 g/mol. The molecular weight excluding hydrogens is 317 g/mol. The van der Waals surface area contributed by atoms with Crippen LogP contribution in [-0.4, -0.2) is 17.2 Å². The van der Waals surface area contributed by atoms with E-state index in [0.717, 1.165) is 8.96 Å². The summed E-state index contributed by atoms with van der Waals surface area (Å²) in [6, 6.07) is 3.10. The van der Waals surface area contributed by atoms with Crippen LogP contribution in [0.25, 0.3) is 10.1 Å². The summed E-state index contributed by atoms with van der Waals surface area (Å²) in [5.41, 5.74) is -0.0734. The number of hydrogen-bond acceptors (Lipinski definition) is 3. The van der Waals surface area contributed by atoms with E-state index >= 15 is 0 Å². The molecule has 72 valence electrons. The molecule has 1 aromatic carbocycles. The van der Waals surface area contributed by atoms with Crippen molar-refractivity contribution in [1.82, 2.24) is 0 Å². The van der Waals surface area contributed by atoms with Gasteiger partial charge in [0.25, 0.3) is 0 Å². The van der Waals surface area contributed by atoms with E-state index in [1.807, 2.05) is 5.38 Å². The lowest BCUT2D eigenvalue weighted by atomic mass is 9.80. The molecule has 2 N–H and O–H groups in total. The largest absolute Gasteiger partial charge is 0.491 e. The normalized spacial score (nSPS) is 10.9. The minimum Gasteiger partial charge on any atom is -0.423 e. The Morgan fingerprint density at radius 1 is 1.36 bits per heavy atom. The molecule has 1 heterocycles. The second-order valence-electron chi connectivity index (χ2n) is 2.80. The first-order valence-electron chi connectivity index (χ1n) is 3.82. The highest BCUT2D eigenvalue weighted by Gasteiger charge is 2.19. The highest BCUT2D eigenvalue weighted by atomic mass is 127. The zero-order chi connectivity index (χ0) is 10.3. The Morgan fingerprint density at radius 2 is 2.07 bits per heavy atom. The first kappa shape index (κ1) is 10.3. The summed E-state index contributed by atoms with van der Waals surface area (Å²) in [5, 5.41) is 20.4. The van der Waals surface area contributed by atoms with Crippen LogP contribution in [0.1, 0.15) is 0 Å². The van der Waals surface area contributed by atoms with Crippen LogP contribution in [-0.2, 0) is 0 Å². The van der Waals surface area contributed by atoms with Gasteiger partial charge in [0.15, 0.2) is 0 Å². The summed E-state index contributed by atoms with van der Waals surface area (Å²) < 4.78 is 15.1. The van der Waals surface area contributed by atoms with Gasteiger partial charge in [-0.2, -0.15) is 0 Å². The average Bonchev–Trinajstić information content (AvgIpc) is 2.49. The van der Waals surface area contributed by atoms with Gasteiger partial charge in [-0.1, -0.05) is 12.1 Å². The van der Waals surface area contributed by atoms with E-state index < -0.39 is 12.9 Å². The summed E-state index contributed by atoms with van der Waals surface area (Å²) in [6.07, 6.45) is 0. The highest BCUT2D eigenvalue weighted by molar-refractivity contribution is 14.1. The molecule has 0 radical (unpaired) electrons. The van der Waals surface area contributed by atoms with E-state index in [-0.39, 0.29) is 5.46 Å². The summed E-state index contributed by atoms with van der Waals surface area (Å²) in [5.74, 6) is -0.537. The fourth-order valence-corrected chi connectivity index (χ4v) is 3.14. The third-order valence-corrected chi connectivity index (χ3v) is 4.25. The Bertz CT molecular complexity index is 485. The van der Waals surface area contributed by atoms with Crippen LogP contribution in [0.5, 0.6) is 0 Å². The summed E-state index contributed by atoms with van der Waals surface area (Å²) in [7, 11) is -1.75. The fraction of sp³-hybridized carbons (Fsp3) is 0. The summed E-state index contributed by atoms with van der Waals surface area (Å²) in [4.78, 5) is 0. The van der Waals surface area contributed by atoms with Gasteiger partial charge in [0, 0.05) is 19.8 Å². The predicted molar refractivity (Wildman–Crippen MR) is 64.3 cm³/mol. The van der Waals surface area contributed by atoms with Gasteiger partial charge in [-0.15, -0.1) is 11.3 Å². The number of hydrogen-bond donors (Lipinski definition) is 2. The van der Waals surface area contributed by atoms with Gasteiger partial charge in [-0.05, 0) is 22.6 Å². The van der Waals surface area contributed by atoms with Gasteiger partial charge in [-0.3, -0.25) is 0 Å². The molecule has 14 heavy (non-hydrogen) atoms. The number of fused-ring (bicyclic) bond motifs is 1. The Balaban J connectivity index is 2.76. The van der Waals surface area contributed by atoms with Crippen molar-refractivity contribution in [1.29, 1.82) is 0 Å². The summed E-state index contributed by atoms with van der Waals surface area (Å²) in [6.45, 7) is 0. The molecule has 0 bridgehead atoms. The van der Waals surface area contributed by atoms with Crippen LogP contribution in [0.4, 0.5) is 4.39 Å². The molecule has 0 fully saturated rings. The first-order valence-corrected chi connectivity index (χ1v) is 5.78. The fourth-order valence-electron chi connectivity index (χ4n) is 1.25. The van der Waals surface area contributed by atoms with E-state index in [2.05, 4.69) is 22.6 Å². The van der Waals surface area contributed by atoms with Crippen molar-refractivity contribution in [3.8, 4) is 0 Å². The minimum atomic E-state index is -1.75. The van der Waals surface area contributed by atoms with Gasteiger partial charge in [0.2, 0.25) is 0 Å². The van der Waals surface area contributed by atoms with E-state index in [1.165, 1.54) is 17.4 Å². The molecule has 0 unspecified atom stereocenters. The zero-order valence-corrected chi connectivity index (χ0v) is 9.84. The second-order valence-corrected chi connectivity index (χ2v) is 4.84. The van der Waals surface area contributed by atoms with Crippen LogP contribution in [0.3, 0.4) is 0 Å². The number of thiophene rings is 1. The highest BCUT2D eigenvalue weighted by Crippen LogP contribution is 2.28. The van der Waals surface area contributed by atoms with Crippen molar-refractivity contribution in [3.05, 3.63) is 26.9 Å². The van der Waals surface area contributed by atoms with E-state index in [0.29, 0.717) is 4.70 Å². The molecule has 2 nitrogen and oxygen atoms in total. The second kappa shape index (κ2) is 3.76. The lowest BCUT2D eigenvalue weighted by Gasteiger charge is -2.01. The molecule has 0 amide bonds. The first-order chi connectivity index (χ1) is 6.61. The van der Waals surface area contributed by atoms with E-state index in [1.54, 1.807) is 6.07 Å². The molecule has 0 saturated carbocycles. The Labute approximate surface area is 97.7 Å². The van der Waals surface area contributed by atoms with Crippen molar-refractivity contribution in [2.45, 2.75) is 0 Å². The van der Waals surface area contributed by atoms with Crippen molar-refractivity contribution in [2.75, 3.05) is 0 Å². The van der Waals surface area contributed by atoms with E-state index in [9.17, 15) is 4.39 Å². The molecule has 0 saturated heterocycles. The maximum Gasteiger partial charge on any atom is 0.491 e. The molecule has 6 heteroatoms.